The van der Waals surface area contributed by atoms with Crippen molar-refractivity contribution in [3.63, 3.8) is 0 Å². The zero-order chi connectivity index (χ0) is 17.1. The Morgan fingerprint density at radius 2 is 1.92 bits per heavy atom. The van der Waals surface area contributed by atoms with E-state index in [2.05, 4.69) is 15.3 Å². The molecule has 4 rings (SSSR count). The second-order valence-electron chi connectivity index (χ2n) is 7.20. The van der Waals surface area contributed by atoms with Crippen LogP contribution in [0.1, 0.15) is 62.2 Å². The number of carbonyl (C=O) groups is 1. The van der Waals surface area contributed by atoms with Gasteiger partial charge in [-0.15, -0.1) is 0 Å². The Morgan fingerprint density at radius 3 is 2.72 bits per heavy atom. The molecule has 25 heavy (non-hydrogen) atoms. The number of nitrogens with one attached hydrogen (secondary N) is 1. The molecule has 5 nitrogen and oxygen atoms in total. The molecule has 130 valence electrons. The highest BCUT2D eigenvalue weighted by molar-refractivity contribution is 5.76. The standard InChI is InChI=1S/C20H24N4O/c25-19(12-14-4-1-2-5-14)23-17-6-3-7-18-16(17)13-22-20(24-18)15-8-10-21-11-9-15/h8-11,13-14,17H,1-7,12H2,(H,23,25)/t17-/m1/s1. The molecule has 0 saturated heterocycles. The molecule has 0 radical (unpaired) electrons. The van der Waals surface area contributed by atoms with E-state index in [1.165, 1.54) is 25.7 Å². The summed E-state index contributed by atoms with van der Waals surface area (Å²) in [6.45, 7) is 0. The Kier molecular flexibility index (Phi) is 4.72. The average Bonchev–Trinajstić information content (AvgIpc) is 3.15. The van der Waals surface area contributed by atoms with Crippen LogP contribution in [0.15, 0.2) is 30.7 Å². The molecule has 2 heterocycles. The van der Waals surface area contributed by atoms with Gasteiger partial charge < -0.3 is 5.32 Å². The minimum atomic E-state index is 0.0594. The topological polar surface area (TPSA) is 67.8 Å². The predicted molar refractivity (Wildman–Crippen MR) is 95.7 cm³/mol. The van der Waals surface area contributed by atoms with Crippen molar-refractivity contribution in [1.82, 2.24) is 20.3 Å². The monoisotopic (exact) mass is 336 g/mol. The van der Waals surface area contributed by atoms with Crippen LogP contribution >= 0.6 is 0 Å². The lowest BCUT2D eigenvalue weighted by Gasteiger charge is -2.26. The summed E-state index contributed by atoms with van der Waals surface area (Å²) in [7, 11) is 0. The van der Waals surface area contributed by atoms with Gasteiger partial charge in [0, 0.05) is 41.8 Å². The molecule has 0 aromatic carbocycles. The van der Waals surface area contributed by atoms with Gasteiger partial charge in [0.25, 0.3) is 0 Å². The van der Waals surface area contributed by atoms with E-state index in [0.29, 0.717) is 12.3 Å². The number of nitrogens with zero attached hydrogens (tertiary/aromatic N) is 3. The molecular formula is C20H24N4O. The molecule has 2 aromatic rings. The van der Waals surface area contributed by atoms with Crippen molar-refractivity contribution in [3.05, 3.63) is 42.0 Å². The maximum atomic E-state index is 12.4. The van der Waals surface area contributed by atoms with Crippen LogP contribution in [0.25, 0.3) is 11.4 Å². The van der Waals surface area contributed by atoms with Crippen LogP contribution in [0.3, 0.4) is 0 Å². The zero-order valence-electron chi connectivity index (χ0n) is 14.4. The normalized spacial score (nSPS) is 20.2. The highest BCUT2D eigenvalue weighted by Gasteiger charge is 2.25. The Hall–Kier alpha value is -2.30. The maximum absolute atomic E-state index is 12.4. The number of amides is 1. The first-order chi connectivity index (χ1) is 12.3. The molecule has 1 atom stereocenters. The van der Waals surface area contributed by atoms with Crippen molar-refractivity contribution in [3.8, 4) is 11.4 Å². The van der Waals surface area contributed by atoms with Crippen LogP contribution in [0, 0.1) is 5.92 Å². The van der Waals surface area contributed by atoms with Gasteiger partial charge in [-0.05, 0) is 50.2 Å². The van der Waals surface area contributed by atoms with Gasteiger partial charge in [0.05, 0.1) is 6.04 Å². The minimum absolute atomic E-state index is 0.0594. The van der Waals surface area contributed by atoms with E-state index in [1.54, 1.807) is 12.4 Å². The van der Waals surface area contributed by atoms with Crippen LogP contribution < -0.4 is 5.32 Å². The Labute approximate surface area is 148 Å². The van der Waals surface area contributed by atoms with Crippen molar-refractivity contribution >= 4 is 5.91 Å². The summed E-state index contributed by atoms with van der Waals surface area (Å²) in [6, 6.07) is 3.90. The van der Waals surface area contributed by atoms with E-state index >= 15 is 0 Å². The number of pyridine rings is 1. The van der Waals surface area contributed by atoms with E-state index in [4.69, 9.17) is 4.98 Å². The van der Waals surface area contributed by atoms with E-state index in [-0.39, 0.29) is 11.9 Å². The summed E-state index contributed by atoms with van der Waals surface area (Å²) < 4.78 is 0. The molecule has 2 aliphatic rings. The lowest BCUT2D eigenvalue weighted by molar-refractivity contribution is -0.122. The van der Waals surface area contributed by atoms with E-state index in [9.17, 15) is 4.79 Å². The third kappa shape index (κ3) is 3.70. The summed E-state index contributed by atoms with van der Waals surface area (Å²) in [5.74, 6) is 1.50. The first-order valence-electron chi connectivity index (χ1n) is 9.35. The van der Waals surface area contributed by atoms with E-state index in [0.717, 1.165) is 41.9 Å². The summed E-state index contributed by atoms with van der Waals surface area (Å²) >= 11 is 0. The lowest BCUT2D eigenvalue weighted by atomic mass is 9.91. The van der Waals surface area contributed by atoms with Crippen molar-refractivity contribution < 1.29 is 4.79 Å². The van der Waals surface area contributed by atoms with Crippen molar-refractivity contribution in [1.29, 1.82) is 0 Å². The molecule has 0 spiro atoms. The molecule has 1 amide bonds. The Bertz CT molecular complexity index is 741. The number of rotatable bonds is 4. The van der Waals surface area contributed by atoms with Gasteiger partial charge in [-0.2, -0.15) is 0 Å². The quantitative estimate of drug-likeness (QED) is 0.926. The second-order valence-corrected chi connectivity index (χ2v) is 7.20. The van der Waals surface area contributed by atoms with Gasteiger partial charge in [-0.1, -0.05) is 12.8 Å². The SMILES string of the molecule is O=C(CC1CCCC1)N[C@@H]1CCCc2nc(-c3ccncc3)ncc21. The third-order valence-electron chi connectivity index (χ3n) is 5.40. The minimum Gasteiger partial charge on any atom is -0.349 e. The molecule has 5 heteroatoms. The summed E-state index contributed by atoms with van der Waals surface area (Å²) in [4.78, 5) is 25.7. The van der Waals surface area contributed by atoms with Crippen LogP contribution in [0.5, 0.6) is 0 Å². The molecule has 0 aliphatic heterocycles. The zero-order valence-corrected chi connectivity index (χ0v) is 14.4. The second kappa shape index (κ2) is 7.30. The largest absolute Gasteiger partial charge is 0.349 e. The third-order valence-corrected chi connectivity index (χ3v) is 5.40. The molecule has 1 N–H and O–H groups in total. The van der Waals surface area contributed by atoms with Crippen molar-refractivity contribution in [2.75, 3.05) is 0 Å². The number of hydrogen-bond acceptors (Lipinski definition) is 4. The number of fused-ring (bicyclic) bond motifs is 1. The molecule has 1 fully saturated rings. The van der Waals surface area contributed by atoms with Crippen LogP contribution in [-0.4, -0.2) is 20.9 Å². The van der Waals surface area contributed by atoms with Crippen LogP contribution in [0.4, 0.5) is 0 Å². The number of carbonyl (C=O) groups excluding carboxylic acids is 1. The number of aromatic nitrogens is 3. The van der Waals surface area contributed by atoms with Gasteiger partial charge in [0.2, 0.25) is 5.91 Å². The molecule has 2 aliphatic carbocycles. The number of hydrogen-bond donors (Lipinski definition) is 1. The van der Waals surface area contributed by atoms with Gasteiger partial charge in [0.1, 0.15) is 0 Å². The Morgan fingerprint density at radius 1 is 1.12 bits per heavy atom. The maximum Gasteiger partial charge on any atom is 0.220 e. The predicted octanol–water partition coefficient (Wildman–Crippen LogP) is 3.61. The van der Waals surface area contributed by atoms with E-state index < -0.39 is 0 Å². The molecule has 2 aromatic heterocycles. The van der Waals surface area contributed by atoms with Crippen molar-refractivity contribution in [2.24, 2.45) is 5.92 Å². The lowest BCUT2D eigenvalue weighted by Crippen LogP contribution is -2.32. The van der Waals surface area contributed by atoms with Crippen molar-refractivity contribution in [2.45, 2.75) is 57.4 Å². The van der Waals surface area contributed by atoms with E-state index in [1.807, 2.05) is 18.3 Å². The Balaban J connectivity index is 1.49. The molecule has 1 saturated carbocycles. The van der Waals surface area contributed by atoms with Gasteiger partial charge in [0.15, 0.2) is 5.82 Å². The highest BCUT2D eigenvalue weighted by atomic mass is 16.1. The first kappa shape index (κ1) is 16.2. The fraction of sp³-hybridized carbons (Fsp3) is 0.500. The van der Waals surface area contributed by atoms with Gasteiger partial charge in [-0.3, -0.25) is 9.78 Å². The average molecular weight is 336 g/mol. The fourth-order valence-electron chi connectivity index (χ4n) is 4.07. The summed E-state index contributed by atoms with van der Waals surface area (Å²) in [5.41, 5.74) is 3.13. The van der Waals surface area contributed by atoms with Crippen LogP contribution in [0.2, 0.25) is 0 Å². The van der Waals surface area contributed by atoms with Gasteiger partial charge in [-0.25, -0.2) is 9.97 Å². The molecule has 0 unspecified atom stereocenters. The summed E-state index contributed by atoms with van der Waals surface area (Å²) in [5, 5.41) is 3.23. The summed E-state index contributed by atoms with van der Waals surface area (Å²) in [6.07, 6.45) is 14.0. The smallest absolute Gasteiger partial charge is 0.220 e. The molecule has 0 bridgehead atoms. The highest BCUT2D eigenvalue weighted by Crippen LogP contribution is 2.31. The van der Waals surface area contributed by atoms with Crippen LogP contribution in [-0.2, 0) is 11.2 Å². The number of aryl methyl sites for hydroxylation is 1. The first-order valence-corrected chi connectivity index (χ1v) is 9.35. The molecular weight excluding hydrogens is 312 g/mol. The van der Waals surface area contributed by atoms with Gasteiger partial charge >= 0.3 is 0 Å². The fourth-order valence-corrected chi connectivity index (χ4v) is 4.07.